The number of carbonyl (C=O) groups is 2. The Bertz CT molecular complexity index is 1720. The van der Waals surface area contributed by atoms with Crippen LogP contribution >= 0.6 is 0 Å². The normalized spacial score (nSPS) is 24.2. The van der Waals surface area contributed by atoms with Crippen molar-refractivity contribution < 1.29 is 22.8 Å². The van der Waals surface area contributed by atoms with Gasteiger partial charge in [-0.15, -0.1) is 0 Å². The predicted octanol–water partition coefficient (Wildman–Crippen LogP) is 4.99. The summed E-state index contributed by atoms with van der Waals surface area (Å²) >= 11 is 0. The highest BCUT2D eigenvalue weighted by molar-refractivity contribution is 6.06. The third kappa shape index (κ3) is 4.26. The van der Waals surface area contributed by atoms with Crippen LogP contribution in [0.2, 0.25) is 0 Å². The fourth-order valence-electron chi connectivity index (χ4n) is 6.99. The zero-order valence-corrected chi connectivity index (χ0v) is 22.7. The average molecular weight is 573 g/mol. The summed E-state index contributed by atoms with van der Waals surface area (Å²) in [6.07, 6.45) is 0.239. The molecule has 2 aliphatic heterocycles. The van der Waals surface area contributed by atoms with Crippen LogP contribution in [-0.4, -0.2) is 37.5 Å². The molecule has 8 nitrogen and oxygen atoms in total. The van der Waals surface area contributed by atoms with Gasteiger partial charge in [-0.3, -0.25) is 9.59 Å². The summed E-state index contributed by atoms with van der Waals surface area (Å²) in [4.78, 5) is 39.4. The van der Waals surface area contributed by atoms with Gasteiger partial charge in [-0.25, -0.2) is 15.0 Å². The number of alkyl halides is 3. The maximum atomic E-state index is 13.6. The number of halogens is 3. The molecule has 0 saturated carbocycles. The second kappa shape index (κ2) is 9.50. The highest BCUT2D eigenvalue weighted by Gasteiger charge is 2.51. The monoisotopic (exact) mass is 572 g/mol. The van der Waals surface area contributed by atoms with Crippen LogP contribution < -0.4 is 10.6 Å². The first-order valence-electron chi connectivity index (χ1n) is 13.9. The quantitative estimate of drug-likeness (QED) is 0.359. The van der Waals surface area contributed by atoms with Gasteiger partial charge >= 0.3 is 6.18 Å². The lowest BCUT2D eigenvalue weighted by molar-refractivity contribution is -0.128. The zero-order valence-electron chi connectivity index (χ0n) is 22.7. The fourth-order valence-corrected chi connectivity index (χ4v) is 6.99. The number of anilines is 1. The second-order valence-corrected chi connectivity index (χ2v) is 11.4. The maximum Gasteiger partial charge on any atom is 0.394 e. The predicted molar refractivity (Wildman–Crippen MR) is 147 cm³/mol. The Morgan fingerprint density at radius 2 is 1.88 bits per heavy atom. The maximum absolute atomic E-state index is 13.6. The molecule has 0 fully saturated rings. The molecule has 4 atom stereocenters. The molecule has 3 aliphatic rings. The van der Waals surface area contributed by atoms with Crippen molar-refractivity contribution in [2.45, 2.75) is 62.2 Å². The molecule has 1 spiro atoms. The zero-order chi connectivity index (χ0) is 29.2. The van der Waals surface area contributed by atoms with Gasteiger partial charge in [-0.2, -0.15) is 13.2 Å². The summed E-state index contributed by atoms with van der Waals surface area (Å²) in [6.45, 7) is 1.90. The van der Waals surface area contributed by atoms with E-state index in [2.05, 4.69) is 25.6 Å². The van der Waals surface area contributed by atoms with Crippen LogP contribution in [0.3, 0.4) is 0 Å². The molecular weight excluding hydrogens is 545 g/mol. The van der Waals surface area contributed by atoms with Gasteiger partial charge in [0.1, 0.15) is 18.0 Å². The summed E-state index contributed by atoms with van der Waals surface area (Å²) in [5.74, 6) is 0.317. The molecule has 42 heavy (non-hydrogen) atoms. The molecule has 7 rings (SSSR count). The van der Waals surface area contributed by atoms with E-state index in [1.807, 2.05) is 43.3 Å². The molecule has 0 radical (unpaired) electrons. The molecule has 0 unspecified atom stereocenters. The minimum atomic E-state index is -4.39. The molecule has 0 saturated heterocycles. The number of rotatable bonds is 4. The smallest absolute Gasteiger partial charge is 0.342 e. The molecule has 2 aromatic carbocycles. The Hall–Kier alpha value is -4.54. The largest absolute Gasteiger partial charge is 0.394 e. The van der Waals surface area contributed by atoms with E-state index in [0.29, 0.717) is 36.5 Å². The Kier molecular flexibility index (Phi) is 5.96. The summed E-state index contributed by atoms with van der Waals surface area (Å²) in [7, 11) is 0. The van der Waals surface area contributed by atoms with Crippen LogP contribution in [0, 0.1) is 0 Å². The molecule has 2 N–H and O–H groups in total. The fraction of sp³-hybridized carbons (Fsp3) is 0.323. The molecule has 0 bridgehead atoms. The van der Waals surface area contributed by atoms with Crippen molar-refractivity contribution >= 4 is 17.6 Å². The summed E-state index contributed by atoms with van der Waals surface area (Å²) in [6, 6.07) is 14.2. The first-order chi connectivity index (χ1) is 20.1. The van der Waals surface area contributed by atoms with E-state index < -0.39 is 24.1 Å². The number of carbonyl (C=O) groups excluding carboxylic acids is 2. The summed E-state index contributed by atoms with van der Waals surface area (Å²) < 4.78 is 42.0. The van der Waals surface area contributed by atoms with Crippen molar-refractivity contribution in [3.8, 4) is 0 Å². The third-order valence-corrected chi connectivity index (χ3v) is 8.95. The van der Waals surface area contributed by atoms with Crippen molar-refractivity contribution in [2.75, 3.05) is 5.32 Å². The van der Waals surface area contributed by atoms with E-state index in [9.17, 15) is 22.8 Å². The molecule has 214 valence electrons. The van der Waals surface area contributed by atoms with E-state index >= 15 is 0 Å². The van der Waals surface area contributed by atoms with Gasteiger partial charge in [0.2, 0.25) is 5.91 Å². The Morgan fingerprint density at radius 3 is 2.67 bits per heavy atom. The molecule has 11 heteroatoms. The third-order valence-electron chi connectivity index (χ3n) is 8.95. The Morgan fingerprint density at radius 1 is 1.10 bits per heavy atom. The van der Waals surface area contributed by atoms with Crippen LogP contribution in [0.4, 0.5) is 19.0 Å². The molecular formula is C31H27F3N6O2. The van der Waals surface area contributed by atoms with Crippen molar-refractivity contribution in [3.05, 3.63) is 107 Å². The van der Waals surface area contributed by atoms with Crippen molar-refractivity contribution in [1.82, 2.24) is 24.8 Å². The van der Waals surface area contributed by atoms with E-state index in [0.717, 1.165) is 22.3 Å². The van der Waals surface area contributed by atoms with Gasteiger partial charge in [-0.05, 0) is 55.0 Å². The summed E-state index contributed by atoms with van der Waals surface area (Å²) in [5.41, 5.74) is 3.29. The second-order valence-electron chi connectivity index (χ2n) is 11.4. The van der Waals surface area contributed by atoms with Crippen molar-refractivity contribution in [2.24, 2.45) is 0 Å². The number of amides is 2. The molecule has 4 aromatic rings. The number of hydrogen-bond acceptors (Lipinski definition) is 5. The van der Waals surface area contributed by atoms with E-state index in [4.69, 9.17) is 0 Å². The highest BCUT2D eigenvalue weighted by Crippen LogP contribution is 2.47. The first kappa shape index (κ1) is 26.4. The number of hydrogen-bond donors (Lipinski definition) is 2. The SMILES string of the molecule is C[C@@H]1[C@H](c2ccccc2)C[C@H](NC(=O)c2ccc3c(c2)C[C@@]2(C3)C(=O)Nc3ncncc32)c2ncc(CC(F)(F)F)n21. The minimum Gasteiger partial charge on any atom is -0.342 e. The van der Waals surface area contributed by atoms with Gasteiger partial charge in [0.05, 0.1) is 17.9 Å². The van der Waals surface area contributed by atoms with Gasteiger partial charge in [0.25, 0.3) is 5.91 Å². The first-order valence-corrected chi connectivity index (χ1v) is 13.9. The molecule has 4 heterocycles. The number of benzene rings is 2. The molecule has 2 amide bonds. The number of aromatic nitrogens is 4. The van der Waals surface area contributed by atoms with Crippen LogP contribution in [0.1, 0.15) is 75.5 Å². The standard InChI is InChI=1S/C31H27F3N6O2/c1-17-23(18-5-3-2-4-6-18)10-25(27-36-14-22(40(17)27)13-31(32,33)34)38-28(41)19-7-8-20-11-30(12-21(20)9-19)24-15-35-16-37-26(24)39-29(30)42/h2-9,14-17,23,25H,10-13H2,1H3,(H,38,41)(H,35,37,39,42)/t17-,23-,25+,30-/m1/s1. The van der Waals surface area contributed by atoms with E-state index in [1.165, 1.54) is 12.5 Å². The lowest BCUT2D eigenvalue weighted by Crippen LogP contribution is -2.38. The van der Waals surface area contributed by atoms with Crippen molar-refractivity contribution in [1.29, 1.82) is 0 Å². The van der Waals surface area contributed by atoms with Gasteiger partial charge in [-0.1, -0.05) is 36.4 Å². The van der Waals surface area contributed by atoms with E-state index in [1.54, 1.807) is 22.9 Å². The van der Waals surface area contributed by atoms with Gasteiger partial charge in [0, 0.05) is 41.2 Å². The molecule has 2 aromatic heterocycles. The van der Waals surface area contributed by atoms with Gasteiger partial charge < -0.3 is 15.2 Å². The highest BCUT2D eigenvalue weighted by atomic mass is 19.4. The van der Waals surface area contributed by atoms with Crippen LogP contribution in [0.15, 0.2) is 67.3 Å². The number of nitrogens with zero attached hydrogens (tertiary/aromatic N) is 4. The van der Waals surface area contributed by atoms with Crippen LogP contribution in [0.5, 0.6) is 0 Å². The average Bonchev–Trinajstić information content (AvgIpc) is 3.63. The molecule has 1 aliphatic carbocycles. The lowest BCUT2D eigenvalue weighted by Gasteiger charge is -2.37. The topological polar surface area (TPSA) is 102 Å². The van der Waals surface area contributed by atoms with Crippen molar-refractivity contribution in [3.63, 3.8) is 0 Å². The number of imidazole rings is 1. The van der Waals surface area contributed by atoms with Crippen LogP contribution in [-0.2, 0) is 29.5 Å². The number of fused-ring (bicyclic) bond motifs is 4. The minimum absolute atomic E-state index is 0.0757. The van der Waals surface area contributed by atoms with Crippen LogP contribution in [0.25, 0.3) is 0 Å². The lowest BCUT2D eigenvalue weighted by atomic mass is 9.80. The Labute approximate surface area is 239 Å². The Balaban J connectivity index is 1.18. The number of nitrogens with one attached hydrogen (secondary N) is 2. The summed E-state index contributed by atoms with van der Waals surface area (Å²) in [5, 5.41) is 5.92. The van der Waals surface area contributed by atoms with E-state index in [-0.39, 0.29) is 29.5 Å². The van der Waals surface area contributed by atoms with Gasteiger partial charge in [0.15, 0.2) is 0 Å².